The van der Waals surface area contributed by atoms with Crippen molar-refractivity contribution in [2.75, 3.05) is 0 Å². The number of hydrogen-bond donors (Lipinski definition) is 0. The maximum absolute atomic E-state index is 3.81. The van der Waals surface area contributed by atoms with Crippen LogP contribution in [0, 0.1) is 0 Å². The van der Waals surface area contributed by atoms with E-state index in [0.29, 0.717) is 0 Å². The quantitative estimate of drug-likeness (QED) is 0.149. The minimum Gasteiger partial charge on any atom is -0.0654 e. The lowest BCUT2D eigenvalue weighted by Crippen LogP contribution is -2.25. The van der Waals surface area contributed by atoms with E-state index in [1.807, 2.05) is 0 Å². The summed E-state index contributed by atoms with van der Waals surface area (Å²) in [6.45, 7) is 4.61. The number of unbranched alkanes of at least 4 members (excludes halogenated alkanes) is 14. The van der Waals surface area contributed by atoms with Crippen molar-refractivity contribution in [1.29, 1.82) is 0 Å². The van der Waals surface area contributed by atoms with Crippen LogP contribution in [0.15, 0.2) is 45.3 Å². The van der Waals surface area contributed by atoms with E-state index in [0.717, 1.165) is 0 Å². The molecule has 0 amide bonds. The Balaban J connectivity index is 1.70. The molecule has 2 heteroatoms. The number of benzene rings is 2. The summed E-state index contributed by atoms with van der Waals surface area (Å²) in [7, 11) is 0. The summed E-state index contributed by atoms with van der Waals surface area (Å²) in [5.74, 6) is 0. The van der Waals surface area contributed by atoms with E-state index < -0.39 is 0 Å². The van der Waals surface area contributed by atoms with Gasteiger partial charge in [-0.25, -0.2) is 0 Å². The summed E-state index contributed by atoms with van der Waals surface area (Å²) < 4.78 is 2.44. The maximum Gasteiger partial charge on any atom is 0.0216 e. The van der Waals surface area contributed by atoms with Gasteiger partial charge in [-0.3, -0.25) is 0 Å². The normalized spacial score (nSPS) is 13.7. The van der Waals surface area contributed by atoms with E-state index in [9.17, 15) is 0 Å². The van der Waals surface area contributed by atoms with E-state index in [1.54, 1.807) is 11.1 Å². The highest BCUT2D eigenvalue weighted by Crippen LogP contribution is 2.55. The summed E-state index contributed by atoms with van der Waals surface area (Å²) in [6.07, 6.45) is 24.8. The molecule has 2 aromatic carbocycles. The third-order valence-corrected chi connectivity index (χ3v) is 9.19. The molecule has 35 heavy (non-hydrogen) atoms. The molecule has 0 aromatic heterocycles. The predicted octanol–water partition coefficient (Wildman–Crippen LogP) is 12.5. The average Bonchev–Trinajstić information content (AvgIpc) is 3.11. The molecule has 1 aliphatic rings. The molecule has 0 bridgehead atoms. The second-order valence-electron chi connectivity index (χ2n) is 10.9. The molecule has 0 atom stereocenters. The van der Waals surface area contributed by atoms with Gasteiger partial charge in [-0.15, -0.1) is 0 Å². The molecule has 0 radical (unpaired) electrons. The molecule has 0 fully saturated rings. The largest absolute Gasteiger partial charge is 0.0654 e. The standard InChI is InChI=1S/C33H48Br2/c1-3-5-7-9-11-13-15-17-23-33(24-18-16-14-12-10-8-6-4-2)31-25-27(34)19-21-29(31)30-22-20-28(35)26-32(30)33/h19-22,25-26H,3-18,23-24H2,1-2H3. The topological polar surface area (TPSA) is 0 Å². The highest BCUT2D eigenvalue weighted by atomic mass is 79.9. The van der Waals surface area contributed by atoms with Crippen molar-refractivity contribution < 1.29 is 0 Å². The zero-order valence-corrected chi connectivity index (χ0v) is 25.6. The Labute approximate surface area is 233 Å². The van der Waals surface area contributed by atoms with Crippen molar-refractivity contribution in [2.24, 2.45) is 0 Å². The van der Waals surface area contributed by atoms with Gasteiger partial charge in [0, 0.05) is 14.4 Å². The minimum absolute atomic E-state index is 0.169. The number of rotatable bonds is 18. The summed E-state index contributed by atoms with van der Waals surface area (Å²) >= 11 is 7.62. The average molecular weight is 605 g/mol. The molecule has 1 aliphatic carbocycles. The number of hydrogen-bond acceptors (Lipinski definition) is 0. The van der Waals surface area contributed by atoms with Gasteiger partial charge in [0.2, 0.25) is 0 Å². The fourth-order valence-electron chi connectivity index (χ4n) is 6.22. The van der Waals surface area contributed by atoms with Gasteiger partial charge < -0.3 is 0 Å². The molecule has 3 rings (SSSR count). The van der Waals surface area contributed by atoms with Gasteiger partial charge in [-0.1, -0.05) is 161 Å². The predicted molar refractivity (Wildman–Crippen MR) is 163 cm³/mol. The number of halogens is 2. The van der Waals surface area contributed by atoms with Crippen molar-refractivity contribution in [3.63, 3.8) is 0 Å². The van der Waals surface area contributed by atoms with Crippen LogP contribution in [0.4, 0.5) is 0 Å². The van der Waals surface area contributed by atoms with Crippen LogP contribution in [0.5, 0.6) is 0 Å². The second kappa shape index (κ2) is 15.6. The third kappa shape index (κ3) is 8.19. The van der Waals surface area contributed by atoms with Crippen LogP contribution in [0.25, 0.3) is 11.1 Å². The molecule has 0 aliphatic heterocycles. The monoisotopic (exact) mass is 602 g/mol. The van der Waals surface area contributed by atoms with Crippen LogP contribution < -0.4 is 0 Å². The van der Waals surface area contributed by atoms with Crippen molar-refractivity contribution >= 4 is 31.9 Å². The van der Waals surface area contributed by atoms with Gasteiger partial charge >= 0.3 is 0 Å². The lowest BCUT2D eigenvalue weighted by atomic mass is 9.70. The first-order chi connectivity index (χ1) is 17.1. The summed E-state index contributed by atoms with van der Waals surface area (Å²) in [4.78, 5) is 0. The molecule has 194 valence electrons. The highest BCUT2D eigenvalue weighted by molar-refractivity contribution is 9.10. The van der Waals surface area contributed by atoms with Gasteiger partial charge in [0.05, 0.1) is 0 Å². The zero-order valence-electron chi connectivity index (χ0n) is 22.4. The SMILES string of the molecule is CCCCCCCCCCC1(CCCCCCCCCC)c2cc(Br)ccc2-c2ccc(Br)cc21. The van der Waals surface area contributed by atoms with E-state index in [4.69, 9.17) is 0 Å². The molecule has 0 saturated heterocycles. The molecule has 0 heterocycles. The van der Waals surface area contributed by atoms with Gasteiger partial charge in [-0.05, 0) is 59.4 Å². The Bertz CT molecular complexity index is 811. The Morgan fingerprint density at radius 2 is 0.829 bits per heavy atom. The third-order valence-electron chi connectivity index (χ3n) is 8.20. The van der Waals surface area contributed by atoms with Gasteiger partial charge in [0.15, 0.2) is 0 Å². The molecule has 0 N–H and O–H groups in total. The Hall–Kier alpha value is -0.600. The Morgan fingerprint density at radius 3 is 1.20 bits per heavy atom. The molecule has 0 saturated carbocycles. The Kier molecular flexibility index (Phi) is 12.9. The zero-order chi connectivity index (χ0) is 24.9. The summed E-state index contributed by atoms with van der Waals surface area (Å²) in [6, 6.07) is 14.1. The van der Waals surface area contributed by atoms with Crippen molar-refractivity contribution in [2.45, 2.75) is 135 Å². The minimum atomic E-state index is 0.169. The Morgan fingerprint density at radius 1 is 0.486 bits per heavy atom. The molecule has 2 aromatic rings. The van der Waals surface area contributed by atoms with Crippen LogP contribution in [-0.4, -0.2) is 0 Å². The first kappa shape index (κ1) is 29.0. The van der Waals surface area contributed by atoms with E-state index in [1.165, 1.54) is 136 Å². The molecular formula is C33H48Br2. The van der Waals surface area contributed by atoms with Crippen molar-refractivity contribution in [3.05, 3.63) is 56.5 Å². The van der Waals surface area contributed by atoms with Gasteiger partial charge in [0.1, 0.15) is 0 Å². The molecule has 0 nitrogen and oxygen atoms in total. The van der Waals surface area contributed by atoms with Gasteiger partial charge in [-0.2, -0.15) is 0 Å². The fourth-order valence-corrected chi connectivity index (χ4v) is 6.95. The first-order valence-corrected chi connectivity index (χ1v) is 16.3. The molecule has 0 spiro atoms. The van der Waals surface area contributed by atoms with E-state index >= 15 is 0 Å². The van der Waals surface area contributed by atoms with Crippen LogP contribution >= 0.6 is 31.9 Å². The lowest BCUT2D eigenvalue weighted by Gasteiger charge is -2.33. The number of fused-ring (bicyclic) bond motifs is 3. The van der Waals surface area contributed by atoms with Crippen LogP contribution in [0.1, 0.15) is 141 Å². The smallest absolute Gasteiger partial charge is 0.0216 e. The molecule has 0 unspecified atom stereocenters. The van der Waals surface area contributed by atoms with E-state index in [-0.39, 0.29) is 5.41 Å². The highest BCUT2D eigenvalue weighted by Gasteiger charge is 2.42. The first-order valence-electron chi connectivity index (χ1n) is 14.7. The summed E-state index contributed by atoms with van der Waals surface area (Å²) in [5.41, 5.74) is 6.25. The van der Waals surface area contributed by atoms with Crippen LogP contribution in [0.2, 0.25) is 0 Å². The van der Waals surface area contributed by atoms with E-state index in [2.05, 4.69) is 82.1 Å². The van der Waals surface area contributed by atoms with Crippen molar-refractivity contribution in [3.8, 4) is 11.1 Å². The van der Waals surface area contributed by atoms with Crippen LogP contribution in [0.3, 0.4) is 0 Å². The maximum atomic E-state index is 3.81. The van der Waals surface area contributed by atoms with Gasteiger partial charge in [0.25, 0.3) is 0 Å². The lowest BCUT2D eigenvalue weighted by molar-refractivity contribution is 0.397. The fraction of sp³-hybridized carbons (Fsp3) is 0.636. The second-order valence-corrected chi connectivity index (χ2v) is 12.7. The molecular weight excluding hydrogens is 556 g/mol. The van der Waals surface area contributed by atoms with Crippen LogP contribution in [-0.2, 0) is 5.41 Å². The summed E-state index contributed by atoms with van der Waals surface area (Å²) in [5, 5.41) is 0. The van der Waals surface area contributed by atoms with Crippen molar-refractivity contribution in [1.82, 2.24) is 0 Å².